The third-order valence-electron chi connectivity index (χ3n) is 6.88. The van der Waals surface area contributed by atoms with Crippen molar-refractivity contribution in [3.63, 3.8) is 0 Å². The summed E-state index contributed by atoms with van der Waals surface area (Å²) in [6.07, 6.45) is 1.32. The molecule has 2 aliphatic rings. The third-order valence-corrected chi connectivity index (χ3v) is 7.73. The van der Waals surface area contributed by atoms with Crippen LogP contribution in [0, 0.1) is 0 Å². The van der Waals surface area contributed by atoms with E-state index in [9.17, 15) is 14.7 Å². The lowest BCUT2D eigenvalue weighted by molar-refractivity contribution is -0.144. The largest absolute Gasteiger partial charge is 0.503 e. The Hall–Kier alpha value is -2.77. The molecule has 4 rings (SSSR count). The Bertz CT molecular complexity index is 1270. The number of halogens is 2. The zero-order valence-corrected chi connectivity index (χ0v) is 23.0. The van der Waals surface area contributed by atoms with Gasteiger partial charge in [-0.15, -0.1) is 0 Å². The van der Waals surface area contributed by atoms with Crippen molar-refractivity contribution in [1.82, 2.24) is 5.32 Å². The minimum Gasteiger partial charge on any atom is -0.503 e. The first-order valence-electron chi connectivity index (χ1n) is 11.9. The third kappa shape index (κ3) is 5.04. The van der Waals surface area contributed by atoms with Crippen molar-refractivity contribution in [2.45, 2.75) is 58.0 Å². The Kier molecular flexibility index (Phi) is 7.81. The van der Waals surface area contributed by atoms with E-state index in [4.69, 9.17) is 21.1 Å². The molecule has 1 heterocycles. The fourth-order valence-electron chi connectivity index (χ4n) is 4.86. The number of hydrogen-bond acceptors (Lipinski definition) is 6. The maximum Gasteiger partial charge on any atom is 0.337 e. The molecule has 2 N–H and O–H groups in total. The van der Waals surface area contributed by atoms with Gasteiger partial charge in [-0.25, -0.2) is 4.79 Å². The van der Waals surface area contributed by atoms with Crippen molar-refractivity contribution < 1.29 is 24.2 Å². The number of allylic oxidation sites excluding steroid dienone is 3. The van der Waals surface area contributed by atoms with Crippen molar-refractivity contribution in [1.29, 1.82) is 0 Å². The molecule has 0 saturated carbocycles. The van der Waals surface area contributed by atoms with Crippen LogP contribution < -0.4 is 10.1 Å². The van der Waals surface area contributed by atoms with E-state index < -0.39 is 11.9 Å². The first kappa shape index (κ1) is 26.3. The maximum atomic E-state index is 13.7. The molecule has 0 unspecified atom stereocenters. The predicted octanol–water partition coefficient (Wildman–Crippen LogP) is 6.52. The van der Waals surface area contributed by atoms with Gasteiger partial charge in [0, 0.05) is 34.3 Å². The number of nitrogens with one attached hydrogen (secondary N) is 1. The van der Waals surface area contributed by atoms with Gasteiger partial charge in [0.2, 0.25) is 0 Å². The lowest BCUT2D eigenvalue weighted by Gasteiger charge is -2.37. The van der Waals surface area contributed by atoms with Gasteiger partial charge in [-0.2, -0.15) is 0 Å². The molecule has 2 aromatic carbocycles. The van der Waals surface area contributed by atoms with E-state index in [1.165, 1.54) is 7.11 Å². The molecule has 190 valence electrons. The maximum absolute atomic E-state index is 13.7. The number of ketones is 1. The Morgan fingerprint density at radius 2 is 1.92 bits per heavy atom. The smallest absolute Gasteiger partial charge is 0.337 e. The molecule has 0 saturated heterocycles. The van der Waals surface area contributed by atoms with Crippen molar-refractivity contribution in [2.75, 3.05) is 7.11 Å². The van der Waals surface area contributed by atoms with Gasteiger partial charge in [-0.3, -0.25) is 4.79 Å². The number of hydrogen-bond donors (Lipinski definition) is 2. The summed E-state index contributed by atoms with van der Waals surface area (Å²) in [5.74, 6) is -0.993. The molecule has 0 amide bonds. The van der Waals surface area contributed by atoms with E-state index in [0.717, 1.165) is 11.3 Å². The zero-order valence-electron chi connectivity index (χ0n) is 20.7. The van der Waals surface area contributed by atoms with Gasteiger partial charge in [0.15, 0.2) is 17.3 Å². The summed E-state index contributed by atoms with van der Waals surface area (Å²) in [6, 6.07) is 11.0. The second-order valence-electron chi connectivity index (χ2n) is 9.25. The van der Waals surface area contributed by atoms with Gasteiger partial charge in [0.1, 0.15) is 0 Å². The molecular weight excluding hydrogens is 546 g/mol. The number of methoxy groups -OCH3 is 1. The van der Waals surface area contributed by atoms with Gasteiger partial charge < -0.3 is 19.9 Å². The van der Waals surface area contributed by atoms with Gasteiger partial charge in [0.25, 0.3) is 0 Å². The fourth-order valence-corrected chi connectivity index (χ4v) is 5.44. The molecule has 2 aromatic rings. The summed E-state index contributed by atoms with van der Waals surface area (Å²) >= 11 is 9.45. The van der Waals surface area contributed by atoms with E-state index in [1.807, 2.05) is 45.0 Å². The second-order valence-corrected chi connectivity index (χ2v) is 10.5. The van der Waals surface area contributed by atoms with Crippen molar-refractivity contribution >= 4 is 39.3 Å². The summed E-state index contributed by atoms with van der Waals surface area (Å²) in [7, 11) is 1.46. The summed E-state index contributed by atoms with van der Waals surface area (Å²) in [6.45, 7) is 5.61. The van der Waals surface area contributed by atoms with Gasteiger partial charge in [-0.05, 0) is 83.9 Å². The van der Waals surface area contributed by atoms with Crippen LogP contribution in [0.4, 0.5) is 0 Å². The number of Topliss-reactive ketones (excluding diaryl/α,β-unsaturated/α-hetero) is 1. The highest BCUT2D eigenvalue weighted by Gasteiger charge is 2.42. The van der Waals surface area contributed by atoms with E-state index in [-0.39, 0.29) is 29.3 Å². The molecule has 0 bridgehead atoms. The van der Waals surface area contributed by atoms with Crippen LogP contribution in [-0.2, 0) is 14.3 Å². The normalized spacial score (nSPS) is 20.6. The van der Waals surface area contributed by atoms with E-state index in [0.29, 0.717) is 51.2 Å². The Labute approximate surface area is 224 Å². The summed E-state index contributed by atoms with van der Waals surface area (Å²) in [4.78, 5) is 27.1. The van der Waals surface area contributed by atoms with E-state index in [1.54, 1.807) is 12.1 Å². The highest BCUT2D eigenvalue weighted by atomic mass is 79.9. The molecule has 36 heavy (non-hydrogen) atoms. The molecule has 1 aliphatic carbocycles. The summed E-state index contributed by atoms with van der Waals surface area (Å²) < 4.78 is 11.5. The molecule has 8 heteroatoms. The van der Waals surface area contributed by atoms with Crippen LogP contribution in [0.2, 0.25) is 5.02 Å². The fraction of sp³-hybridized carbons (Fsp3) is 0.357. The number of phenolic OH excluding ortho intramolecular Hbond substituents is 1. The molecule has 3 atom stereocenters. The number of rotatable bonds is 6. The Morgan fingerprint density at radius 3 is 2.56 bits per heavy atom. The van der Waals surface area contributed by atoms with Crippen LogP contribution in [0.3, 0.4) is 0 Å². The predicted molar refractivity (Wildman–Crippen MR) is 142 cm³/mol. The SMILES string of the molecule is CC[C@H](C)OC(=O)C1=C(C)NC2=C(C(=O)C[C@@H](c3ccc(Cl)cc3)C2)[C@H]1c1cc(Br)c(O)c(OC)c1. The van der Waals surface area contributed by atoms with Crippen molar-refractivity contribution in [3.8, 4) is 11.5 Å². The lowest BCUT2D eigenvalue weighted by atomic mass is 9.71. The molecular formula is C28H29BrClNO5. The molecule has 6 nitrogen and oxygen atoms in total. The first-order chi connectivity index (χ1) is 17.1. The van der Waals surface area contributed by atoms with E-state index in [2.05, 4.69) is 21.2 Å². The topological polar surface area (TPSA) is 84.9 Å². The summed E-state index contributed by atoms with van der Waals surface area (Å²) in [5.41, 5.74) is 4.04. The Balaban J connectivity index is 1.84. The Morgan fingerprint density at radius 1 is 1.22 bits per heavy atom. The minimum absolute atomic E-state index is 0.0100. The number of carbonyl (C=O) groups is 2. The van der Waals surface area contributed by atoms with Crippen LogP contribution in [0.1, 0.15) is 63.0 Å². The van der Waals surface area contributed by atoms with Gasteiger partial charge in [0.05, 0.1) is 23.3 Å². The number of aromatic hydroxyl groups is 1. The summed E-state index contributed by atoms with van der Waals surface area (Å²) in [5, 5.41) is 14.4. The van der Waals surface area contributed by atoms with Crippen molar-refractivity contribution in [3.05, 3.63) is 79.6 Å². The standard InChI is InChI=1S/C28H29BrClNO5/c1-5-14(2)36-28(34)24-15(3)31-21-11-17(16-6-8-19(30)9-7-16)12-22(32)26(21)25(24)18-10-20(29)27(33)23(13-18)35-4/h6-10,13-14,17,25,31,33H,5,11-12H2,1-4H3/t14-,17-,25-/m0/s1. The van der Waals surface area contributed by atoms with Crippen LogP contribution in [0.25, 0.3) is 0 Å². The van der Waals surface area contributed by atoms with Gasteiger partial charge in [-0.1, -0.05) is 30.7 Å². The van der Waals surface area contributed by atoms with Crippen LogP contribution >= 0.6 is 27.5 Å². The lowest BCUT2D eigenvalue weighted by Crippen LogP contribution is -2.36. The monoisotopic (exact) mass is 573 g/mol. The molecule has 0 aromatic heterocycles. The highest BCUT2D eigenvalue weighted by Crippen LogP contribution is 2.48. The number of carbonyl (C=O) groups excluding carboxylic acids is 2. The molecule has 0 spiro atoms. The highest BCUT2D eigenvalue weighted by molar-refractivity contribution is 9.10. The van der Waals surface area contributed by atoms with E-state index >= 15 is 0 Å². The number of benzene rings is 2. The number of esters is 1. The van der Waals surface area contributed by atoms with Gasteiger partial charge >= 0.3 is 5.97 Å². The average Bonchev–Trinajstić information content (AvgIpc) is 2.84. The number of ether oxygens (including phenoxy) is 2. The van der Waals surface area contributed by atoms with Crippen LogP contribution in [0.5, 0.6) is 11.5 Å². The number of phenols is 1. The second kappa shape index (κ2) is 10.7. The average molecular weight is 575 g/mol. The van der Waals surface area contributed by atoms with Crippen LogP contribution in [-0.4, -0.2) is 30.1 Å². The molecule has 0 radical (unpaired) electrons. The van der Waals surface area contributed by atoms with Crippen molar-refractivity contribution in [2.24, 2.45) is 0 Å². The number of dihydropyridines is 1. The first-order valence-corrected chi connectivity index (χ1v) is 13.1. The molecule has 1 aliphatic heterocycles. The molecule has 0 fully saturated rings. The quantitative estimate of drug-likeness (QED) is 0.382. The zero-order chi connectivity index (χ0) is 26.1. The minimum atomic E-state index is -0.665. The van der Waals surface area contributed by atoms with Crippen LogP contribution in [0.15, 0.2) is 63.4 Å².